The minimum atomic E-state index is -0.126. The SMILES string of the molecule is CCc1cc(COc2ccc(C#CCO)cc2)n(C)n1. The molecule has 2 rings (SSSR count). The van der Waals surface area contributed by atoms with Crippen LogP contribution in [0, 0.1) is 11.8 Å². The van der Waals surface area contributed by atoms with Crippen molar-refractivity contribution >= 4 is 0 Å². The van der Waals surface area contributed by atoms with E-state index in [1.807, 2.05) is 36.0 Å². The Balaban J connectivity index is 1.98. The second-order valence-electron chi connectivity index (χ2n) is 4.38. The Labute approximate surface area is 119 Å². The molecule has 0 saturated carbocycles. The van der Waals surface area contributed by atoms with Crippen molar-refractivity contribution in [1.82, 2.24) is 9.78 Å². The second kappa shape index (κ2) is 6.78. The van der Waals surface area contributed by atoms with Crippen molar-refractivity contribution in [2.75, 3.05) is 6.61 Å². The summed E-state index contributed by atoms with van der Waals surface area (Å²) in [7, 11) is 1.92. The topological polar surface area (TPSA) is 47.3 Å². The van der Waals surface area contributed by atoms with E-state index in [9.17, 15) is 0 Å². The van der Waals surface area contributed by atoms with Gasteiger partial charge in [-0.3, -0.25) is 4.68 Å². The summed E-state index contributed by atoms with van der Waals surface area (Å²) in [6.45, 7) is 2.45. The summed E-state index contributed by atoms with van der Waals surface area (Å²) < 4.78 is 7.58. The number of aryl methyl sites for hydroxylation is 2. The van der Waals surface area contributed by atoms with Crippen LogP contribution in [0.3, 0.4) is 0 Å². The van der Waals surface area contributed by atoms with Crippen molar-refractivity contribution in [3.8, 4) is 17.6 Å². The van der Waals surface area contributed by atoms with E-state index in [1.54, 1.807) is 0 Å². The molecule has 1 N–H and O–H groups in total. The van der Waals surface area contributed by atoms with Crippen LogP contribution in [-0.2, 0) is 20.1 Å². The van der Waals surface area contributed by atoms with Crippen molar-refractivity contribution in [2.45, 2.75) is 20.0 Å². The van der Waals surface area contributed by atoms with Crippen LogP contribution in [0.5, 0.6) is 5.75 Å². The van der Waals surface area contributed by atoms with E-state index in [1.165, 1.54) is 0 Å². The number of aromatic nitrogens is 2. The van der Waals surface area contributed by atoms with Crippen molar-refractivity contribution in [1.29, 1.82) is 0 Å². The van der Waals surface area contributed by atoms with Gasteiger partial charge in [0.1, 0.15) is 19.0 Å². The lowest BCUT2D eigenvalue weighted by Crippen LogP contribution is -2.02. The molecule has 0 amide bonds. The normalized spacial score (nSPS) is 9.95. The largest absolute Gasteiger partial charge is 0.487 e. The first-order valence-electron chi connectivity index (χ1n) is 6.57. The van der Waals surface area contributed by atoms with Crippen molar-refractivity contribution in [3.05, 3.63) is 47.3 Å². The Morgan fingerprint density at radius 3 is 2.65 bits per heavy atom. The smallest absolute Gasteiger partial charge is 0.130 e. The van der Waals surface area contributed by atoms with Gasteiger partial charge in [0.2, 0.25) is 0 Å². The van der Waals surface area contributed by atoms with Gasteiger partial charge in [-0.1, -0.05) is 18.8 Å². The van der Waals surface area contributed by atoms with Gasteiger partial charge in [-0.15, -0.1) is 0 Å². The van der Waals surface area contributed by atoms with E-state index in [-0.39, 0.29) is 6.61 Å². The van der Waals surface area contributed by atoms with Crippen LogP contribution in [0.25, 0.3) is 0 Å². The van der Waals surface area contributed by atoms with Crippen LogP contribution >= 0.6 is 0 Å². The first kappa shape index (κ1) is 14.2. The van der Waals surface area contributed by atoms with Crippen molar-refractivity contribution in [2.24, 2.45) is 7.05 Å². The summed E-state index contributed by atoms with van der Waals surface area (Å²) in [5.74, 6) is 6.25. The summed E-state index contributed by atoms with van der Waals surface area (Å²) >= 11 is 0. The summed E-state index contributed by atoms with van der Waals surface area (Å²) in [6, 6.07) is 9.55. The molecule has 20 heavy (non-hydrogen) atoms. The van der Waals surface area contributed by atoms with Gasteiger partial charge in [0.05, 0.1) is 11.4 Å². The molecule has 1 aromatic carbocycles. The molecular weight excluding hydrogens is 252 g/mol. The van der Waals surface area contributed by atoms with E-state index in [4.69, 9.17) is 9.84 Å². The number of nitrogens with zero attached hydrogens (tertiary/aromatic N) is 2. The molecule has 0 unspecified atom stereocenters. The Morgan fingerprint density at radius 1 is 1.30 bits per heavy atom. The van der Waals surface area contributed by atoms with E-state index in [0.717, 1.165) is 29.1 Å². The minimum Gasteiger partial charge on any atom is -0.487 e. The summed E-state index contributed by atoms with van der Waals surface area (Å²) in [5.41, 5.74) is 2.98. The van der Waals surface area contributed by atoms with Crippen molar-refractivity contribution < 1.29 is 9.84 Å². The van der Waals surface area contributed by atoms with Gasteiger partial charge in [-0.2, -0.15) is 5.10 Å². The van der Waals surface area contributed by atoms with Gasteiger partial charge < -0.3 is 9.84 Å². The Kier molecular flexibility index (Phi) is 4.80. The average molecular weight is 270 g/mol. The molecule has 0 aliphatic rings. The molecule has 4 heteroatoms. The Bertz CT molecular complexity index is 618. The molecule has 0 aliphatic carbocycles. The summed E-state index contributed by atoms with van der Waals surface area (Å²) in [6.07, 6.45) is 0.923. The molecular formula is C16H18N2O2. The van der Waals surface area contributed by atoms with Crippen LogP contribution in [0.15, 0.2) is 30.3 Å². The molecule has 0 saturated heterocycles. The van der Waals surface area contributed by atoms with E-state index >= 15 is 0 Å². The highest BCUT2D eigenvalue weighted by atomic mass is 16.5. The monoisotopic (exact) mass is 270 g/mol. The van der Waals surface area contributed by atoms with Gasteiger partial charge in [-0.05, 0) is 36.8 Å². The van der Waals surface area contributed by atoms with Crippen LogP contribution in [-0.4, -0.2) is 21.5 Å². The zero-order chi connectivity index (χ0) is 14.4. The first-order valence-corrected chi connectivity index (χ1v) is 6.57. The number of rotatable bonds is 4. The van der Waals surface area contributed by atoms with Crippen LogP contribution < -0.4 is 4.74 Å². The fourth-order valence-corrected chi connectivity index (χ4v) is 1.81. The maximum Gasteiger partial charge on any atom is 0.130 e. The molecule has 0 radical (unpaired) electrons. The van der Waals surface area contributed by atoms with Crippen LogP contribution in [0.1, 0.15) is 23.9 Å². The first-order chi connectivity index (χ1) is 9.72. The highest BCUT2D eigenvalue weighted by Crippen LogP contribution is 2.14. The van der Waals surface area contributed by atoms with Crippen LogP contribution in [0.4, 0.5) is 0 Å². The third-order valence-electron chi connectivity index (χ3n) is 2.94. The Hall–Kier alpha value is -2.25. The van der Waals surface area contributed by atoms with Crippen LogP contribution in [0.2, 0.25) is 0 Å². The number of ether oxygens (including phenoxy) is 1. The maximum absolute atomic E-state index is 8.63. The molecule has 1 aromatic heterocycles. The predicted octanol–water partition coefficient (Wildman–Crippen LogP) is 1.91. The molecule has 4 nitrogen and oxygen atoms in total. The maximum atomic E-state index is 8.63. The highest BCUT2D eigenvalue weighted by molar-refractivity contribution is 5.38. The molecule has 1 heterocycles. The third-order valence-corrected chi connectivity index (χ3v) is 2.94. The standard InChI is InChI=1S/C16H18N2O2/c1-3-14-11-15(18(2)17-14)12-20-16-8-6-13(7-9-16)5-4-10-19/h6-9,11,19H,3,10,12H2,1-2H3. The molecule has 0 bridgehead atoms. The number of aliphatic hydroxyl groups is 1. The van der Waals surface area contributed by atoms with E-state index in [0.29, 0.717) is 6.61 Å². The van der Waals surface area contributed by atoms with Gasteiger partial charge in [0.25, 0.3) is 0 Å². The number of hydrogen-bond acceptors (Lipinski definition) is 3. The van der Waals surface area contributed by atoms with Crippen molar-refractivity contribution in [3.63, 3.8) is 0 Å². The summed E-state index contributed by atoms with van der Waals surface area (Å²) in [4.78, 5) is 0. The lowest BCUT2D eigenvalue weighted by atomic mass is 10.2. The van der Waals surface area contributed by atoms with Gasteiger partial charge in [-0.25, -0.2) is 0 Å². The van der Waals surface area contributed by atoms with Gasteiger partial charge in [0.15, 0.2) is 0 Å². The molecule has 0 spiro atoms. The quantitative estimate of drug-likeness (QED) is 0.863. The predicted molar refractivity (Wildman–Crippen MR) is 77.3 cm³/mol. The third kappa shape index (κ3) is 3.62. The van der Waals surface area contributed by atoms with Gasteiger partial charge in [0, 0.05) is 12.6 Å². The average Bonchev–Trinajstić information content (AvgIpc) is 2.84. The molecule has 0 atom stereocenters. The lowest BCUT2D eigenvalue weighted by Gasteiger charge is -2.06. The summed E-state index contributed by atoms with van der Waals surface area (Å²) in [5, 5.41) is 13.0. The number of benzene rings is 1. The number of hydrogen-bond donors (Lipinski definition) is 1. The fourth-order valence-electron chi connectivity index (χ4n) is 1.81. The zero-order valence-electron chi connectivity index (χ0n) is 11.8. The fraction of sp³-hybridized carbons (Fsp3) is 0.312. The zero-order valence-corrected chi connectivity index (χ0v) is 11.8. The molecule has 0 aliphatic heterocycles. The van der Waals surface area contributed by atoms with E-state index in [2.05, 4.69) is 29.9 Å². The second-order valence-corrected chi connectivity index (χ2v) is 4.38. The highest BCUT2D eigenvalue weighted by Gasteiger charge is 2.04. The van der Waals surface area contributed by atoms with E-state index < -0.39 is 0 Å². The molecule has 2 aromatic rings. The lowest BCUT2D eigenvalue weighted by molar-refractivity contribution is 0.295. The Morgan fingerprint density at radius 2 is 2.05 bits per heavy atom. The number of aliphatic hydroxyl groups excluding tert-OH is 1. The minimum absolute atomic E-state index is 0.126. The molecule has 104 valence electrons. The van der Waals surface area contributed by atoms with Gasteiger partial charge >= 0.3 is 0 Å². The molecule has 0 fully saturated rings.